The average molecular weight is 457 g/mol. The molecule has 2 aromatic heterocycles. The van der Waals surface area contributed by atoms with Crippen LogP contribution in [0.2, 0.25) is 0 Å². The Morgan fingerprint density at radius 3 is 2.34 bits per heavy atom. The SMILES string of the molecule is Nc1nc(CSc2nnc(COc3ccc(F)cc3)n2N)nc(Nc2ccc(F)cc2)n1. The molecule has 2 aromatic carbocycles. The number of nitrogens with zero attached hydrogens (tertiary/aromatic N) is 6. The zero-order chi connectivity index (χ0) is 22.5. The van der Waals surface area contributed by atoms with E-state index in [0.717, 1.165) is 0 Å². The molecule has 0 aliphatic heterocycles. The summed E-state index contributed by atoms with van der Waals surface area (Å²) in [5.74, 6) is 7.13. The van der Waals surface area contributed by atoms with Crippen LogP contribution in [0.3, 0.4) is 0 Å². The van der Waals surface area contributed by atoms with Crippen LogP contribution in [-0.2, 0) is 12.4 Å². The molecule has 0 radical (unpaired) electrons. The van der Waals surface area contributed by atoms with Crippen molar-refractivity contribution in [1.29, 1.82) is 0 Å². The highest BCUT2D eigenvalue weighted by atomic mass is 32.2. The zero-order valence-corrected chi connectivity index (χ0v) is 17.3. The van der Waals surface area contributed by atoms with Gasteiger partial charge in [0.25, 0.3) is 0 Å². The largest absolute Gasteiger partial charge is 0.486 e. The van der Waals surface area contributed by atoms with Gasteiger partial charge in [0.15, 0.2) is 5.82 Å². The third-order valence-corrected chi connectivity index (χ3v) is 4.99. The Bertz CT molecular complexity index is 1200. The Hall–Kier alpha value is -4.00. The molecule has 10 nitrogen and oxygen atoms in total. The summed E-state index contributed by atoms with van der Waals surface area (Å²) < 4.78 is 32.9. The van der Waals surface area contributed by atoms with Crippen molar-refractivity contribution < 1.29 is 13.5 Å². The highest BCUT2D eigenvalue weighted by molar-refractivity contribution is 7.98. The van der Waals surface area contributed by atoms with E-state index in [2.05, 4.69) is 30.5 Å². The molecule has 0 bridgehead atoms. The molecule has 164 valence electrons. The van der Waals surface area contributed by atoms with Crippen molar-refractivity contribution in [3.05, 3.63) is 71.8 Å². The molecule has 0 saturated heterocycles. The summed E-state index contributed by atoms with van der Waals surface area (Å²) in [6.07, 6.45) is 0. The van der Waals surface area contributed by atoms with Gasteiger partial charge in [0.2, 0.25) is 17.1 Å². The number of hydrogen-bond acceptors (Lipinski definition) is 10. The summed E-state index contributed by atoms with van der Waals surface area (Å²) in [6.45, 7) is 0.0557. The number of nitrogen functional groups attached to an aromatic ring is 2. The van der Waals surface area contributed by atoms with Gasteiger partial charge in [-0.25, -0.2) is 13.5 Å². The van der Waals surface area contributed by atoms with Crippen LogP contribution in [-0.4, -0.2) is 29.8 Å². The Balaban J connectivity index is 1.38. The summed E-state index contributed by atoms with van der Waals surface area (Å²) in [4.78, 5) is 12.4. The number of hydrogen-bond donors (Lipinski definition) is 3. The van der Waals surface area contributed by atoms with Crippen LogP contribution < -0.4 is 21.6 Å². The lowest BCUT2D eigenvalue weighted by molar-refractivity contribution is 0.291. The van der Waals surface area contributed by atoms with Gasteiger partial charge in [-0.1, -0.05) is 11.8 Å². The molecule has 0 spiro atoms. The minimum Gasteiger partial charge on any atom is -0.486 e. The maximum atomic E-state index is 13.1. The monoisotopic (exact) mass is 457 g/mol. The third kappa shape index (κ3) is 5.37. The maximum Gasteiger partial charge on any atom is 0.232 e. The maximum absolute atomic E-state index is 13.1. The summed E-state index contributed by atoms with van der Waals surface area (Å²) in [7, 11) is 0. The van der Waals surface area contributed by atoms with Crippen LogP contribution in [0.15, 0.2) is 53.7 Å². The summed E-state index contributed by atoms with van der Waals surface area (Å²) in [6, 6.07) is 11.3. The molecule has 32 heavy (non-hydrogen) atoms. The van der Waals surface area contributed by atoms with Gasteiger partial charge in [-0.3, -0.25) is 0 Å². The zero-order valence-electron chi connectivity index (χ0n) is 16.4. The van der Waals surface area contributed by atoms with Gasteiger partial charge < -0.3 is 21.6 Å². The number of halogens is 2. The highest BCUT2D eigenvalue weighted by Crippen LogP contribution is 2.21. The van der Waals surface area contributed by atoms with Crippen molar-refractivity contribution >= 4 is 29.3 Å². The number of benzene rings is 2. The molecule has 5 N–H and O–H groups in total. The second kappa shape index (κ2) is 9.43. The first-order chi connectivity index (χ1) is 15.5. The van der Waals surface area contributed by atoms with E-state index in [1.807, 2.05) is 0 Å². The lowest BCUT2D eigenvalue weighted by atomic mass is 10.3. The van der Waals surface area contributed by atoms with Crippen LogP contribution in [0.25, 0.3) is 0 Å². The van der Waals surface area contributed by atoms with E-state index in [1.165, 1.54) is 52.8 Å². The number of aromatic nitrogens is 6. The molecule has 2 heterocycles. The van der Waals surface area contributed by atoms with E-state index in [4.69, 9.17) is 16.3 Å². The van der Waals surface area contributed by atoms with Crippen LogP contribution in [0.1, 0.15) is 11.6 Å². The van der Waals surface area contributed by atoms with Gasteiger partial charge in [0.05, 0.1) is 5.75 Å². The number of ether oxygens (including phenoxy) is 1. The molecule has 4 rings (SSSR count). The Kier molecular flexibility index (Phi) is 6.26. The van der Waals surface area contributed by atoms with Crippen molar-refractivity contribution in [2.24, 2.45) is 0 Å². The summed E-state index contributed by atoms with van der Waals surface area (Å²) >= 11 is 1.24. The predicted octanol–water partition coefficient (Wildman–Crippen LogP) is 2.65. The van der Waals surface area contributed by atoms with E-state index in [-0.39, 0.29) is 30.1 Å². The first-order valence-electron chi connectivity index (χ1n) is 9.20. The quantitative estimate of drug-likeness (QED) is 0.267. The van der Waals surface area contributed by atoms with Gasteiger partial charge >= 0.3 is 0 Å². The molecule has 0 unspecified atom stereocenters. The van der Waals surface area contributed by atoms with Crippen molar-refractivity contribution in [2.45, 2.75) is 17.5 Å². The van der Waals surface area contributed by atoms with Crippen LogP contribution in [0.5, 0.6) is 5.75 Å². The molecule has 0 atom stereocenters. The second-order valence-electron chi connectivity index (χ2n) is 6.37. The predicted molar refractivity (Wildman–Crippen MR) is 114 cm³/mol. The van der Waals surface area contributed by atoms with Gasteiger partial charge in [-0.15, -0.1) is 10.2 Å². The van der Waals surface area contributed by atoms with Gasteiger partial charge in [-0.2, -0.15) is 15.0 Å². The number of rotatable bonds is 8. The minimum absolute atomic E-state index is 0.0304. The van der Waals surface area contributed by atoms with Gasteiger partial charge in [-0.05, 0) is 48.5 Å². The van der Waals surface area contributed by atoms with Gasteiger partial charge in [0.1, 0.15) is 29.8 Å². The van der Waals surface area contributed by atoms with E-state index >= 15 is 0 Å². The average Bonchev–Trinajstić information content (AvgIpc) is 3.12. The molecular formula is C19H17F2N9OS. The Morgan fingerprint density at radius 1 is 0.938 bits per heavy atom. The van der Waals surface area contributed by atoms with Crippen molar-refractivity contribution in [3.63, 3.8) is 0 Å². The van der Waals surface area contributed by atoms with Crippen LogP contribution >= 0.6 is 11.8 Å². The molecular weight excluding hydrogens is 440 g/mol. The van der Waals surface area contributed by atoms with Crippen molar-refractivity contribution in [1.82, 2.24) is 29.8 Å². The van der Waals surface area contributed by atoms with Crippen LogP contribution in [0.4, 0.5) is 26.4 Å². The molecule has 0 aliphatic carbocycles. The highest BCUT2D eigenvalue weighted by Gasteiger charge is 2.13. The lowest BCUT2D eigenvalue weighted by Gasteiger charge is -2.08. The van der Waals surface area contributed by atoms with E-state index in [0.29, 0.717) is 34.0 Å². The van der Waals surface area contributed by atoms with Gasteiger partial charge in [0, 0.05) is 5.69 Å². The Morgan fingerprint density at radius 2 is 1.62 bits per heavy atom. The number of anilines is 3. The van der Waals surface area contributed by atoms with E-state index in [1.54, 1.807) is 12.1 Å². The van der Waals surface area contributed by atoms with Crippen molar-refractivity contribution in [3.8, 4) is 5.75 Å². The first kappa shape index (κ1) is 21.2. The number of nitrogens with one attached hydrogen (secondary N) is 1. The van der Waals surface area contributed by atoms with E-state index in [9.17, 15) is 8.78 Å². The fourth-order valence-corrected chi connectivity index (χ4v) is 3.26. The van der Waals surface area contributed by atoms with Crippen LogP contribution in [0, 0.1) is 11.6 Å². The first-order valence-corrected chi connectivity index (χ1v) is 10.2. The van der Waals surface area contributed by atoms with E-state index < -0.39 is 0 Å². The molecule has 4 aromatic rings. The lowest BCUT2D eigenvalue weighted by Crippen LogP contribution is -2.16. The van der Waals surface area contributed by atoms with Crippen molar-refractivity contribution in [2.75, 3.05) is 16.9 Å². The molecule has 0 saturated carbocycles. The molecule has 0 amide bonds. The Labute approximate surface area is 185 Å². The molecule has 0 fully saturated rings. The second-order valence-corrected chi connectivity index (χ2v) is 7.31. The summed E-state index contributed by atoms with van der Waals surface area (Å²) in [5, 5.41) is 11.4. The molecule has 0 aliphatic rings. The third-order valence-electron chi connectivity index (χ3n) is 4.05. The number of nitrogens with two attached hydrogens (primary N) is 2. The fourth-order valence-electron chi connectivity index (χ4n) is 2.53. The molecule has 13 heteroatoms. The fraction of sp³-hybridized carbons (Fsp3) is 0.105. The summed E-state index contributed by atoms with van der Waals surface area (Å²) in [5.41, 5.74) is 6.38. The normalized spacial score (nSPS) is 10.8. The topological polar surface area (TPSA) is 143 Å². The standard InChI is InChI=1S/C19H17F2N9OS/c20-11-1-5-13(6-2-11)24-18-26-15(25-17(22)27-18)10-32-19-29-28-16(30(19)23)9-31-14-7-3-12(21)4-8-14/h1-8H,9-10,23H2,(H3,22,24,25,26,27). The number of thioether (sulfide) groups is 1. The minimum atomic E-state index is -0.354. The smallest absolute Gasteiger partial charge is 0.232 e.